The van der Waals surface area contributed by atoms with Gasteiger partial charge >= 0.3 is 0 Å². The summed E-state index contributed by atoms with van der Waals surface area (Å²) >= 11 is 0. The van der Waals surface area contributed by atoms with E-state index in [2.05, 4.69) is 37.4 Å². The van der Waals surface area contributed by atoms with Gasteiger partial charge in [-0.05, 0) is 32.3 Å². The molecule has 0 atom stereocenters. The molecule has 108 valence electrons. The first-order valence-electron chi connectivity index (χ1n) is 7.85. The molecule has 3 heteroatoms. The Morgan fingerprint density at radius 1 is 1.05 bits per heavy atom. The standard InChI is InChI=1S/C18H21N3/c1-11-5-12(2)7-13(6-11)8-17-20-16-10-19-9-15(16)18(21-17)14-3-4-14/h5-7,14,19H,3-4,8-10H2,1-2H3. The predicted molar refractivity (Wildman–Crippen MR) is 83.3 cm³/mol. The molecule has 1 aromatic carbocycles. The van der Waals surface area contributed by atoms with Gasteiger partial charge in [0, 0.05) is 31.0 Å². The van der Waals surface area contributed by atoms with E-state index in [4.69, 9.17) is 9.97 Å². The second kappa shape index (κ2) is 4.92. The second-order valence-corrected chi connectivity index (χ2v) is 6.50. The van der Waals surface area contributed by atoms with E-state index in [0.29, 0.717) is 5.92 Å². The van der Waals surface area contributed by atoms with Crippen molar-refractivity contribution in [3.05, 3.63) is 57.7 Å². The van der Waals surface area contributed by atoms with Gasteiger partial charge in [-0.25, -0.2) is 9.97 Å². The Morgan fingerprint density at radius 2 is 1.81 bits per heavy atom. The summed E-state index contributed by atoms with van der Waals surface area (Å²) in [5, 5.41) is 3.42. The Morgan fingerprint density at radius 3 is 2.52 bits per heavy atom. The molecule has 1 aromatic heterocycles. The molecule has 1 N–H and O–H groups in total. The van der Waals surface area contributed by atoms with Crippen LogP contribution in [-0.2, 0) is 19.5 Å². The molecule has 4 rings (SSSR count). The Hall–Kier alpha value is -1.74. The molecule has 2 aromatic rings. The lowest BCUT2D eigenvalue weighted by molar-refractivity contribution is 0.754. The summed E-state index contributed by atoms with van der Waals surface area (Å²) in [5.74, 6) is 1.68. The van der Waals surface area contributed by atoms with Crippen molar-refractivity contribution in [2.45, 2.75) is 52.1 Å². The molecule has 21 heavy (non-hydrogen) atoms. The Kier molecular flexibility index (Phi) is 3.03. The van der Waals surface area contributed by atoms with Gasteiger partial charge in [0.25, 0.3) is 0 Å². The third kappa shape index (κ3) is 2.58. The number of nitrogens with zero attached hydrogens (tertiary/aromatic N) is 2. The molecule has 0 unspecified atom stereocenters. The maximum absolute atomic E-state index is 4.91. The van der Waals surface area contributed by atoms with Crippen molar-refractivity contribution in [1.82, 2.24) is 15.3 Å². The van der Waals surface area contributed by atoms with Crippen molar-refractivity contribution >= 4 is 0 Å². The summed E-state index contributed by atoms with van der Waals surface area (Å²) in [6.07, 6.45) is 3.44. The minimum atomic E-state index is 0.694. The zero-order chi connectivity index (χ0) is 14.4. The van der Waals surface area contributed by atoms with Crippen molar-refractivity contribution in [1.29, 1.82) is 0 Å². The Bertz CT molecular complexity index is 682. The smallest absolute Gasteiger partial charge is 0.133 e. The average molecular weight is 279 g/mol. The van der Waals surface area contributed by atoms with Crippen LogP contribution in [0, 0.1) is 13.8 Å². The Balaban J connectivity index is 1.70. The highest BCUT2D eigenvalue weighted by atomic mass is 15.0. The van der Waals surface area contributed by atoms with E-state index in [0.717, 1.165) is 25.3 Å². The van der Waals surface area contributed by atoms with Gasteiger partial charge in [0.2, 0.25) is 0 Å². The van der Waals surface area contributed by atoms with Gasteiger partial charge in [-0.1, -0.05) is 29.3 Å². The van der Waals surface area contributed by atoms with Crippen LogP contribution in [0.5, 0.6) is 0 Å². The van der Waals surface area contributed by atoms with Crippen LogP contribution in [0.1, 0.15) is 58.2 Å². The molecular formula is C18H21N3. The lowest BCUT2D eigenvalue weighted by Gasteiger charge is -2.10. The van der Waals surface area contributed by atoms with Crippen LogP contribution in [-0.4, -0.2) is 9.97 Å². The van der Waals surface area contributed by atoms with Crippen LogP contribution < -0.4 is 5.32 Å². The molecule has 3 nitrogen and oxygen atoms in total. The fourth-order valence-corrected chi connectivity index (χ4v) is 3.37. The van der Waals surface area contributed by atoms with E-state index >= 15 is 0 Å². The molecule has 0 saturated heterocycles. The number of aromatic nitrogens is 2. The molecule has 1 saturated carbocycles. The fraction of sp³-hybridized carbons (Fsp3) is 0.444. The normalized spacial score (nSPS) is 17.0. The molecule has 0 bridgehead atoms. The topological polar surface area (TPSA) is 37.8 Å². The first-order chi connectivity index (χ1) is 10.2. The van der Waals surface area contributed by atoms with E-state index in [1.807, 2.05) is 0 Å². The van der Waals surface area contributed by atoms with Crippen LogP contribution in [0.15, 0.2) is 18.2 Å². The number of benzene rings is 1. The maximum atomic E-state index is 4.91. The number of nitrogens with one attached hydrogen (secondary N) is 1. The SMILES string of the molecule is Cc1cc(C)cc(Cc2nc3c(c(C4CC4)n2)CNC3)c1. The molecule has 2 aliphatic rings. The van der Waals surface area contributed by atoms with Crippen LogP contribution in [0.3, 0.4) is 0 Å². The number of aryl methyl sites for hydroxylation is 2. The number of hydrogen-bond acceptors (Lipinski definition) is 3. The predicted octanol–water partition coefficient (Wildman–Crippen LogP) is 3.16. The molecule has 1 aliphatic heterocycles. The highest BCUT2D eigenvalue weighted by Gasteiger charge is 2.31. The lowest BCUT2D eigenvalue weighted by atomic mass is 10.0. The first-order valence-corrected chi connectivity index (χ1v) is 7.85. The zero-order valence-corrected chi connectivity index (χ0v) is 12.7. The van der Waals surface area contributed by atoms with Crippen molar-refractivity contribution in [2.24, 2.45) is 0 Å². The third-order valence-electron chi connectivity index (χ3n) is 4.37. The number of rotatable bonds is 3. The van der Waals surface area contributed by atoms with E-state index in [9.17, 15) is 0 Å². The summed E-state index contributed by atoms with van der Waals surface area (Å²) in [6.45, 7) is 6.15. The summed E-state index contributed by atoms with van der Waals surface area (Å²) < 4.78 is 0. The van der Waals surface area contributed by atoms with Crippen LogP contribution in [0.2, 0.25) is 0 Å². The van der Waals surface area contributed by atoms with Gasteiger partial charge < -0.3 is 5.32 Å². The van der Waals surface area contributed by atoms with Crippen molar-refractivity contribution in [3.8, 4) is 0 Å². The lowest BCUT2D eigenvalue weighted by Crippen LogP contribution is -2.06. The number of fused-ring (bicyclic) bond motifs is 1. The largest absolute Gasteiger partial charge is 0.307 e. The molecule has 1 aliphatic carbocycles. The van der Waals surface area contributed by atoms with Gasteiger partial charge in [0.05, 0.1) is 11.4 Å². The van der Waals surface area contributed by atoms with E-state index in [-0.39, 0.29) is 0 Å². The quantitative estimate of drug-likeness (QED) is 0.938. The highest BCUT2D eigenvalue weighted by Crippen LogP contribution is 2.41. The van der Waals surface area contributed by atoms with Crippen LogP contribution in [0.4, 0.5) is 0 Å². The van der Waals surface area contributed by atoms with Gasteiger partial charge in [-0.2, -0.15) is 0 Å². The van der Waals surface area contributed by atoms with Gasteiger partial charge in [0.15, 0.2) is 0 Å². The van der Waals surface area contributed by atoms with Crippen LogP contribution in [0.25, 0.3) is 0 Å². The summed E-state index contributed by atoms with van der Waals surface area (Å²) in [6, 6.07) is 6.71. The maximum Gasteiger partial charge on any atom is 0.133 e. The van der Waals surface area contributed by atoms with E-state index in [1.165, 1.54) is 46.5 Å². The molecule has 0 amide bonds. The van der Waals surface area contributed by atoms with Crippen molar-refractivity contribution in [3.63, 3.8) is 0 Å². The van der Waals surface area contributed by atoms with Crippen molar-refractivity contribution in [2.75, 3.05) is 0 Å². The average Bonchev–Trinajstić information content (AvgIpc) is 3.15. The Labute approximate surface area is 125 Å². The molecular weight excluding hydrogens is 258 g/mol. The minimum absolute atomic E-state index is 0.694. The van der Waals surface area contributed by atoms with E-state index < -0.39 is 0 Å². The zero-order valence-electron chi connectivity index (χ0n) is 12.7. The van der Waals surface area contributed by atoms with Gasteiger partial charge in [-0.3, -0.25) is 0 Å². The van der Waals surface area contributed by atoms with Gasteiger partial charge in [0.1, 0.15) is 5.82 Å². The summed E-state index contributed by atoms with van der Waals surface area (Å²) in [7, 11) is 0. The number of hydrogen-bond donors (Lipinski definition) is 1. The monoisotopic (exact) mass is 279 g/mol. The first kappa shape index (κ1) is 13.0. The van der Waals surface area contributed by atoms with E-state index in [1.54, 1.807) is 0 Å². The van der Waals surface area contributed by atoms with Gasteiger partial charge in [-0.15, -0.1) is 0 Å². The summed E-state index contributed by atoms with van der Waals surface area (Å²) in [5.41, 5.74) is 7.88. The molecule has 1 fully saturated rings. The highest BCUT2D eigenvalue weighted by molar-refractivity contribution is 5.36. The second-order valence-electron chi connectivity index (χ2n) is 6.50. The minimum Gasteiger partial charge on any atom is -0.307 e. The summed E-state index contributed by atoms with van der Waals surface area (Å²) in [4.78, 5) is 9.71. The molecule has 0 radical (unpaired) electrons. The molecule has 2 heterocycles. The third-order valence-corrected chi connectivity index (χ3v) is 4.37. The fourth-order valence-electron chi connectivity index (χ4n) is 3.37. The van der Waals surface area contributed by atoms with Crippen LogP contribution >= 0.6 is 0 Å². The van der Waals surface area contributed by atoms with Crippen molar-refractivity contribution < 1.29 is 0 Å². The molecule has 0 spiro atoms.